The fraction of sp³-hybridized carbons (Fsp3) is 0.667. The van der Waals surface area contributed by atoms with E-state index in [-0.39, 0.29) is 17.2 Å². The molecule has 116 valence electrons. The highest BCUT2D eigenvalue weighted by Gasteiger charge is 2.33. The average molecular weight is 293 g/mol. The zero-order valence-corrected chi connectivity index (χ0v) is 13.1. The first-order valence-electron chi connectivity index (χ1n) is 7.26. The minimum Gasteiger partial charge on any atom is -0.476 e. The van der Waals surface area contributed by atoms with Gasteiger partial charge >= 0.3 is 5.97 Å². The molecule has 0 bridgehead atoms. The average Bonchev–Trinajstić information content (AvgIpc) is 2.46. The topological polar surface area (TPSA) is 75.5 Å². The summed E-state index contributed by atoms with van der Waals surface area (Å²) in [6.45, 7) is 7.38. The summed E-state index contributed by atoms with van der Waals surface area (Å²) in [6, 6.07) is 0. The van der Waals surface area contributed by atoms with E-state index in [2.05, 4.69) is 9.97 Å². The Kier molecular flexibility index (Phi) is 4.46. The highest BCUT2D eigenvalue weighted by molar-refractivity contribution is 5.92. The lowest BCUT2D eigenvalue weighted by Crippen LogP contribution is -2.48. The molecule has 0 radical (unpaired) electrons. The largest absolute Gasteiger partial charge is 0.476 e. The number of aromatic carboxylic acids is 1. The summed E-state index contributed by atoms with van der Waals surface area (Å²) in [7, 11) is 1.69. The summed E-state index contributed by atoms with van der Waals surface area (Å²) in [4.78, 5) is 22.1. The van der Waals surface area contributed by atoms with Gasteiger partial charge in [-0.3, -0.25) is 0 Å². The van der Waals surface area contributed by atoms with Gasteiger partial charge in [-0.25, -0.2) is 14.8 Å². The van der Waals surface area contributed by atoms with Gasteiger partial charge < -0.3 is 14.7 Å². The number of carbonyl (C=O) groups is 1. The van der Waals surface area contributed by atoms with Crippen molar-refractivity contribution < 1.29 is 14.6 Å². The van der Waals surface area contributed by atoms with Crippen LogP contribution >= 0.6 is 0 Å². The van der Waals surface area contributed by atoms with Crippen molar-refractivity contribution in [2.45, 2.75) is 45.1 Å². The Hall–Kier alpha value is -1.69. The molecule has 1 aromatic rings. The highest BCUT2D eigenvalue weighted by atomic mass is 16.5. The number of hydrogen-bond donors (Lipinski definition) is 1. The summed E-state index contributed by atoms with van der Waals surface area (Å²) in [5, 5.41) is 9.44. The van der Waals surface area contributed by atoms with E-state index >= 15 is 0 Å². The van der Waals surface area contributed by atoms with E-state index in [9.17, 15) is 9.90 Å². The number of piperidine rings is 1. The third kappa shape index (κ3) is 3.32. The molecule has 1 fully saturated rings. The third-order valence-corrected chi connectivity index (χ3v) is 4.00. The number of carboxylic acid groups (broad SMARTS) is 1. The molecular formula is C15H23N3O3. The number of anilines is 1. The lowest BCUT2D eigenvalue weighted by atomic mass is 9.94. The van der Waals surface area contributed by atoms with E-state index in [1.54, 1.807) is 13.3 Å². The predicted octanol–water partition coefficient (Wildman–Crippen LogP) is 2.30. The molecule has 1 aromatic heterocycles. The van der Waals surface area contributed by atoms with Crippen LogP contribution in [0.1, 0.15) is 55.8 Å². The van der Waals surface area contributed by atoms with E-state index in [1.807, 2.05) is 25.7 Å². The molecule has 0 aliphatic carbocycles. The van der Waals surface area contributed by atoms with E-state index < -0.39 is 5.97 Å². The Morgan fingerprint density at radius 1 is 1.52 bits per heavy atom. The second kappa shape index (κ2) is 5.97. The lowest BCUT2D eigenvalue weighted by Gasteiger charge is -2.40. The maximum Gasteiger partial charge on any atom is 0.356 e. The fourth-order valence-corrected chi connectivity index (χ4v) is 2.63. The number of aromatic nitrogens is 2. The van der Waals surface area contributed by atoms with Gasteiger partial charge in [0.15, 0.2) is 5.69 Å². The van der Waals surface area contributed by atoms with Crippen LogP contribution in [0.4, 0.5) is 5.69 Å². The third-order valence-electron chi connectivity index (χ3n) is 4.00. The first-order chi connectivity index (χ1) is 9.86. The maximum atomic E-state index is 11.5. The number of rotatable bonds is 4. The van der Waals surface area contributed by atoms with Gasteiger partial charge in [-0.2, -0.15) is 0 Å². The lowest BCUT2D eigenvalue weighted by molar-refractivity contribution is -0.00475. The smallest absolute Gasteiger partial charge is 0.356 e. The van der Waals surface area contributed by atoms with Crippen molar-refractivity contribution in [1.29, 1.82) is 0 Å². The van der Waals surface area contributed by atoms with Gasteiger partial charge in [-0.05, 0) is 19.8 Å². The summed E-state index contributed by atoms with van der Waals surface area (Å²) < 4.78 is 5.56. The van der Waals surface area contributed by atoms with Crippen molar-refractivity contribution in [2.24, 2.45) is 0 Å². The van der Waals surface area contributed by atoms with Gasteiger partial charge in [0.1, 0.15) is 5.82 Å². The van der Waals surface area contributed by atoms with E-state index in [4.69, 9.17) is 4.74 Å². The van der Waals surface area contributed by atoms with E-state index in [0.717, 1.165) is 19.4 Å². The van der Waals surface area contributed by atoms with Gasteiger partial charge in [0, 0.05) is 26.1 Å². The maximum absolute atomic E-state index is 11.5. The molecule has 2 heterocycles. The van der Waals surface area contributed by atoms with Crippen LogP contribution in [0.25, 0.3) is 0 Å². The zero-order chi connectivity index (χ0) is 15.6. The molecule has 2 rings (SSSR count). The number of ether oxygens (including phenoxy) is 1. The molecular weight excluding hydrogens is 270 g/mol. The van der Waals surface area contributed by atoms with Crippen molar-refractivity contribution >= 4 is 11.7 Å². The number of hydrogen-bond acceptors (Lipinski definition) is 5. The Balaban J connectivity index is 2.36. The molecule has 1 atom stereocenters. The van der Waals surface area contributed by atoms with Gasteiger partial charge in [-0.1, -0.05) is 13.8 Å². The molecule has 0 saturated carbocycles. The van der Waals surface area contributed by atoms with Crippen LogP contribution in [0.3, 0.4) is 0 Å². The summed E-state index contributed by atoms with van der Waals surface area (Å²) in [6.07, 6.45) is 3.55. The first kappa shape index (κ1) is 15.7. The standard InChI is InChI=1S/C15H23N3O3/c1-10(2)13-16-8-11(12(17-13)14(19)20)18-7-5-6-15(3,9-18)21-4/h8,10H,5-7,9H2,1-4H3,(H,19,20). The molecule has 1 aliphatic heterocycles. The monoisotopic (exact) mass is 293 g/mol. The van der Waals surface area contributed by atoms with Crippen molar-refractivity contribution in [3.63, 3.8) is 0 Å². The fourth-order valence-electron chi connectivity index (χ4n) is 2.63. The van der Waals surface area contributed by atoms with Crippen LogP contribution in [0, 0.1) is 0 Å². The van der Waals surface area contributed by atoms with E-state index in [0.29, 0.717) is 18.1 Å². The quantitative estimate of drug-likeness (QED) is 0.918. The molecule has 6 heteroatoms. The molecule has 0 amide bonds. The molecule has 1 unspecified atom stereocenters. The molecule has 1 N–H and O–H groups in total. The Labute approximate surface area is 125 Å². The highest BCUT2D eigenvalue weighted by Crippen LogP contribution is 2.29. The molecule has 6 nitrogen and oxygen atoms in total. The molecule has 1 saturated heterocycles. The Bertz CT molecular complexity index is 533. The SMILES string of the molecule is COC1(C)CCCN(c2cnc(C(C)C)nc2C(=O)O)C1. The Morgan fingerprint density at radius 3 is 2.81 bits per heavy atom. The molecule has 0 aromatic carbocycles. The van der Waals surface area contributed by atoms with Crippen LogP contribution in [0.5, 0.6) is 0 Å². The van der Waals surface area contributed by atoms with Crippen molar-refractivity contribution in [1.82, 2.24) is 9.97 Å². The van der Waals surface area contributed by atoms with Crippen LogP contribution < -0.4 is 4.90 Å². The van der Waals surface area contributed by atoms with Gasteiger partial charge in [-0.15, -0.1) is 0 Å². The van der Waals surface area contributed by atoms with Crippen molar-refractivity contribution in [3.8, 4) is 0 Å². The van der Waals surface area contributed by atoms with Crippen LogP contribution in [-0.4, -0.2) is 46.8 Å². The van der Waals surface area contributed by atoms with Crippen LogP contribution in [0.15, 0.2) is 6.20 Å². The van der Waals surface area contributed by atoms with Crippen LogP contribution in [-0.2, 0) is 4.74 Å². The minimum absolute atomic E-state index is 0.0778. The summed E-state index contributed by atoms with van der Waals surface area (Å²) >= 11 is 0. The van der Waals surface area contributed by atoms with Crippen molar-refractivity contribution in [2.75, 3.05) is 25.1 Å². The first-order valence-corrected chi connectivity index (χ1v) is 7.26. The minimum atomic E-state index is -1.01. The van der Waals surface area contributed by atoms with Crippen LogP contribution in [0.2, 0.25) is 0 Å². The number of nitrogens with zero attached hydrogens (tertiary/aromatic N) is 3. The van der Waals surface area contributed by atoms with Gasteiger partial charge in [0.2, 0.25) is 0 Å². The molecule has 0 spiro atoms. The number of methoxy groups -OCH3 is 1. The Morgan fingerprint density at radius 2 is 2.24 bits per heavy atom. The summed E-state index contributed by atoms with van der Waals surface area (Å²) in [5.41, 5.74) is 0.397. The number of carboxylic acids is 1. The second-order valence-electron chi connectivity index (χ2n) is 6.10. The zero-order valence-electron chi connectivity index (χ0n) is 13.1. The summed E-state index contributed by atoms with van der Waals surface area (Å²) in [5.74, 6) is -0.357. The second-order valence-corrected chi connectivity index (χ2v) is 6.10. The molecule has 1 aliphatic rings. The predicted molar refractivity (Wildman–Crippen MR) is 79.9 cm³/mol. The van der Waals surface area contributed by atoms with Crippen molar-refractivity contribution in [3.05, 3.63) is 17.7 Å². The van der Waals surface area contributed by atoms with E-state index in [1.165, 1.54) is 0 Å². The normalized spacial score (nSPS) is 22.6. The molecule has 21 heavy (non-hydrogen) atoms. The van der Waals surface area contributed by atoms with Gasteiger partial charge in [0.05, 0.1) is 17.5 Å². The van der Waals surface area contributed by atoms with Gasteiger partial charge in [0.25, 0.3) is 0 Å².